The number of rotatable bonds is 9. The van der Waals surface area contributed by atoms with Crippen molar-refractivity contribution in [1.29, 1.82) is 0 Å². The van der Waals surface area contributed by atoms with Crippen LogP contribution in [0.2, 0.25) is 5.02 Å². The molecule has 0 saturated carbocycles. The van der Waals surface area contributed by atoms with Crippen molar-refractivity contribution in [2.45, 2.75) is 40.3 Å². The highest BCUT2D eigenvalue weighted by Crippen LogP contribution is 2.24. The van der Waals surface area contributed by atoms with Crippen LogP contribution in [0.15, 0.2) is 72.8 Å². The molecule has 0 N–H and O–H groups in total. The minimum absolute atomic E-state index is 0.0203. The van der Waals surface area contributed by atoms with E-state index >= 15 is 0 Å². The molecule has 5 nitrogen and oxygen atoms in total. The van der Waals surface area contributed by atoms with Gasteiger partial charge in [0.2, 0.25) is 0 Å². The Balaban J connectivity index is 1.58. The van der Waals surface area contributed by atoms with Gasteiger partial charge in [-0.2, -0.15) is 0 Å². The fourth-order valence-electron chi connectivity index (χ4n) is 4.04. The lowest BCUT2D eigenvalue weighted by Crippen LogP contribution is -2.34. The van der Waals surface area contributed by atoms with Gasteiger partial charge in [0, 0.05) is 23.7 Å². The van der Waals surface area contributed by atoms with E-state index in [4.69, 9.17) is 21.3 Å². The first-order valence-electron chi connectivity index (χ1n) is 11.7. The lowest BCUT2D eigenvalue weighted by molar-refractivity contribution is 0.0716. The van der Waals surface area contributed by atoms with Crippen LogP contribution in [-0.2, 0) is 13.1 Å². The fourth-order valence-corrected chi connectivity index (χ4v) is 4.21. The summed E-state index contributed by atoms with van der Waals surface area (Å²) in [4.78, 5) is 20.2. The minimum atomic E-state index is -0.0203. The first kappa shape index (κ1) is 23.8. The summed E-state index contributed by atoms with van der Waals surface area (Å²) in [5.74, 6) is 2.63. The summed E-state index contributed by atoms with van der Waals surface area (Å²) in [6.45, 7) is 8.26. The number of halogens is 1. The Bertz CT molecular complexity index is 1250. The topological polar surface area (TPSA) is 47.4 Å². The number of aromatic nitrogens is 2. The third-order valence-electron chi connectivity index (χ3n) is 5.52. The highest BCUT2D eigenvalue weighted by molar-refractivity contribution is 6.31. The van der Waals surface area contributed by atoms with Gasteiger partial charge >= 0.3 is 0 Å². The number of amides is 1. The molecule has 0 radical (unpaired) electrons. The number of ether oxygens (including phenoxy) is 1. The van der Waals surface area contributed by atoms with Crippen LogP contribution in [0.4, 0.5) is 0 Å². The van der Waals surface area contributed by atoms with Crippen molar-refractivity contribution in [2.75, 3.05) is 6.54 Å². The van der Waals surface area contributed by atoms with Crippen LogP contribution in [0.5, 0.6) is 11.5 Å². The second kappa shape index (κ2) is 10.7. The van der Waals surface area contributed by atoms with Gasteiger partial charge in [0.05, 0.1) is 17.6 Å². The van der Waals surface area contributed by atoms with Crippen LogP contribution in [0, 0.1) is 5.92 Å². The Hall–Kier alpha value is -3.31. The second-order valence-electron chi connectivity index (χ2n) is 8.83. The summed E-state index contributed by atoms with van der Waals surface area (Å²) in [6, 6.07) is 22.7. The van der Waals surface area contributed by atoms with Crippen molar-refractivity contribution in [3.8, 4) is 11.5 Å². The average Bonchev–Trinajstić information content (AvgIpc) is 3.15. The molecule has 0 aliphatic rings. The summed E-state index contributed by atoms with van der Waals surface area (Å²) in [6.07, 6.45) is 0.964. The van der Waals surface area contributed by atoms with E-state index in [0.29, 0.717) is 35.3 Å². The molecule has 6 heteroatoms. The van der Waals surface area contributed by atoms with Crippen molar-refractivity contribution < 1.29 is 9.53 Å². The maximum absolute atomic E-state index is 13.5. The molecule has 34 heavy (non-hydrogen) atoms. The Morgan fingerprint density at radius 1 is 1.03 bits per heavy atom. The molecule has 1 aromatic heterocycles. The van der Waals surface area contributed by atoms with Gasteiger partial charge in [-0.1, -0.05) is 50.6 Å². The molecule has 0 aliphatic heterocycles. The molecular weight excluding hydrogens is 446 g/mol. The Labute approximate surface area is 205 Å². The lowest BCUT2D eigenvalue weighted by atomic mass is 10.1. The van der Waals surface area contributed by atoms with Crippen LogP contribution >= 0.6 is 11.6 Å². The van der Waals surface area contributed by atoms with E-state index in [2.05, 4.69) is 25.3 Å². The summed E-state index contributed by atoms with van der Waals surface area (Å²) in [7, 11) is 0. The Morgan fingerprint density at radius 2 is 1.74 bits per heavy atom. The summed E-state index contributed by atoms with van der Waals surface area (Å²) in [5, 5.41) is 0.684. The molecule has 0 bridgehead atoms. The van der Waals surface area contributed by atoms with Crippen molar-refractivity contribution in [3.05, 3.63) is 89.2 Å². The van der Waals surface area contributed by atoms with E-state index in [1.165, 1.54) is 0 Å². The number of hydrogen-bond donors (Lipinski definition) is 0. The number of hydrogen-bond acceptors (Lipinski definition) is 3. The number of aryl methyl sites for hydroxylation is 1. The smallest absolute Gasteiger partial charge is 0.254 e. The van der Waals surface area contributed by atoms with Gasteiger partial charge in [-0.15, -0.1) is 0 Å². The second-order valence-corrected chi connectivity index (χ2v) is 9.27. The van der Waals surface area contributed by atoms with E-state index in [1.54, 1.807) is 0 Å². The molecule has 4 aromatic rings. The highest BCUT2D eigenvalue weighted by Gasteiger charge is 2.21. The van der Waals surface area contributed by atoms with Gasteiger partial charge in [-0.3, -0.25) is 4.79 Å². The zero-order chi connectivity index (χ0) is 24.1. The number of imidazole rings is 1. The molecule has 176 valence electrons. The molecule has 0 unspecified atom stereocenters. The SMILES string of the molecule is CCCn1c(CN(CC(C)C)C(=O)c2ccc(Oc3ccccc3)cc2)nc2ccc(Cl)cc21. The van der Waals surface area contributed by atoms with Gasteiger partial charge in [0.1, 0.15) is 17.3 Å². The van der Waals surface area contributed by atoms with E-state index in [1.807, 2.05) is 77.7 Å². The van der Waals surface area contributed by atoms with Gasteiger partial charge in [-0.25, -0.2) is 4.98 Å². The molecule has 3 aromatic carbocycles. The number of fused-ring (bicyclic) bond motifs is 1. The zero-order valence-corrected chi connectivity index (χ0v) is 20.6. The normalized spacial score (nSPS) is 11.2. The summed E-state index contributed by atoms with van der Waals surface area (Å²) < 4.78 is 8.05. The molecule has 0 fully saturated rings. The van der Waals surface area contributed by atoms with Crippen molar-refractivity contribution in [1.82, 2.24) is 14.5 Å². The molecule has 0 saturated heterocycles. The molecular formula is C28H30ClN3O2. The van der Waals surface area contributed by atoms with Crippen LogP contribution in [0.1, 0.15) is 43.4 Å². The minimum Gasteiger partial charge on any atom is -0.457 e. The lowest BCUT2D eigenvalue weighted by Gasteiger charge is -2.25. The van der Waals surface area contributed by atoms with E-state index in [-0.39, 0.29) is 5.91 Å². The van der Waals surface area contributed by atoms with Crippen LogP contribution in [-0.4, -0.2) is 26.9 Å². The molecule has 1 amide bonds. The number of carbonyl (C=O) groups is 1. The number of benzene rings is 3. The van der Waals surface area contributed by atoms with Crippen LogP contribution in [0.25, 0.3) is 11.0 Å². The molecule has 4 rings (SSSR count). The zero-order valence-electron chi connectivity index (χ0n) is 19.9. The van der Waals surface area contributed by atoms with E-state index in [0.717, 1.165) is 35.6 Å². The molecule has 0 aliphatic carbocycles. The summed E-state index contributed by atoms with van der Waals surface area (Å²) in [5.41, 5.74) is 2.53. The highest BCUT2D eigenvalue weighted by atomic mass is 35.5. The predicted octanol–water partition coefficient (Wildman–Crippen LogP) is 7.19. The summed E-state index contributed by atoms with van der Waals surface area (Å²) >= 11 is 6.25. The quantitative estimate of drug-likeness (QED) is 0.257. The number of para-hydroxylation sites is 1. The van der Waals surface area contributed by atoms with Crippen molar-refractivity contribution in [3.63, 3.8) is 0 Å². The fraction of sp³-hybridized carbons (Fsp3) is 0.286. The van der Waals surface area contributed by atoms with Crippen molar-refractivity contribution in [2.24, 2.45) is 5.92 Å². The first-order chi connectivity index (χ1) is 16.4. The number of nitrogens with zero attached hydrogens (tertiary/aromatic N) is 3. The van der Waals surface area contributed by atoms with Gasteiger partial charge in [-0.05, 0) is 66.9 Å². The van der Waals surface area contributed by atoms with Gasteiger partial charge < -0.3 is 14.2 Å². The monoisotopic (exact) mass is 475 g/mol. The molecule has 1 heterocycles. The maximum Gasteiger partial charge on any atom is 0.254 e. The van der Waals surface area contributed by atoms with Gasteiger partial charge in [0.15, 0.2) is 0 Å². The third kappa shape index (κ3) is 5.60. The molecule has 0 spiro atoms. The average molecular weight is 476 g/mol. The standard InChI is InChI=1S/C28H30ClN3O2/c1-4-16-32-26-17-22(29)12-15-25(26)30-27(32)19-31(18-20(2)3)28(33)21-10-13-24(14-11-21)34-23-8-6-5-7-9-23/h5-15,17,20H,4,16,18-19H2,1-3H3. The van der Waals surface area contributed by atoms with Crippen LogP contribution in [0.3, 0.4) is 0 Å². The van der Waals surface area contributed by atoms with Gasteiger partial charge in [0.25, 0.3) is 5.91 Å². The largest absolute Gasteiger partial charge is 0.457 e. The third-order valence-corrected chi connectivity index (χ3v) is 5.76. The Kier molecular flexibility index (Phi) is 7.53. The van der Waals surface area contributed by atoms with Crippen molar-refractivity contribution >= 4 is 28.5 Å². The van der Waals surface area contributed by atoms with E-state index < -0.39 is 0 Å². The predicted molar refractivity (Wildman–Crippen MR) is 138 cm³/mol. The Morgan fingerprint density at radius 3 is 2.41 bits per heavy atom. The number of carbonyl (C=O) groups excluding carboxylic acids is 1. The maximum atomic E-state index is 13.5. The van der Waals surface area contributed by atoms with E-state index in [9.17, 15) is 4.79 Å². The van der Waals surface area contributed by atoms with Crippen LogP contribution < -0.4 is 4.74 Å². The first-order valence-corrected chi connectivity index (χ1v) is 12.1. The molecule has 0 atom stereocenters.